The molecule has 0 radical (unpaired) electrons. The number of aliphatic hydroxyl groups is 1. The highest BCUT2D eigenvalue weighted by Crippen LogP contribution is 2.34. The number of aliphatic hydroxyl groups excluding tert-OH is 1. The molecule has 0 saturated carbocycles. The molecule has 1 aliphatic heterocycles. The molecule has 0 amide bonds. The van der Waals surface area contributed by atoms with Gasteiger partial charge in [0.25, 0.3) is 0 Å². The van der Waals surface area contributed by atoms with Crippen molar-refractivity contribution in [3.8, 4) is 17.6 Å². The summed E-state index contributed by atoms with van der Waals surface area (Å²) in [6, 6.07) is 14.0. The molecule has 0 bridgehead atoms. The van der Waals surface area contributed by atoms with Crippen molar-refractivity contribution < 1.29 is 26.7 Å². The van der Waals surface area contributed by atoms with Crippen molar-refractivity contribution in [3.05, 3.63) is 83.7 Å². The summed E-state index contributed by atoms with van der Waals surface area (Å²) in [5, 5.41) is 9.85. The zero-order valence-corrected chi connectivity index (χ0v) is 24.5. The van der Waals surface area contributed by atoms with E-state index in [-0.39, 0.29) is 35.2 Å². The number of rotatable bonds is 6. The van der Waals surface area contributed by atoms with Crippen molar-refractivity contribution in [1.29, 1.82) is 0 Å². The fourth-order valence-electron chi connectivity index (χ4n) is 4.34. The molecule has 0 saturated heterocycles. The van der Waals surface area contributed by atoms with E-state index in [1.165, 1.54) is 21.7 Å². The van der Waals surface area contributed by atoms with E-state index in [2.05, 4.69) is 16.8 Å². The Bertz CT molecular complexity index is 1620. The zero-order valence-electron chi connectivity index (χ0n) is 22.9. The minimum Gasteiger partial charge on any atom is -0.487 e. The molecule has 3 atom stereocenters. The highest BCUT2D eigenvalue weighted by molar-refractivity contribution is 7.89. The number of nitrogens with zero attached hydrogens (tertiary/aromatic N) is 3. The lowest BCUT2D eigenvalue weighted by molar-refractivity contribution is 0.0904. The number of hydrogen-bond donors (Lipinski definition) is 1. The number of hydrogen-bond acceptors (Lipinski definition) is 7. The molecule has 2 aromatic carbocycles. The summed E-state index contributed by atoms with van der Waals surface area (Å²) >= 11 is 0. The highest BCUT2D eigenvalue weighted by atomic mass is 32.2. The lowest BCUT2D eigenvalue weighted by Crippen LogP contribution is -2.50. The van der Waals surface area contributed by atoms with Gasteiger partial charge in [0.2, 0.25) is 20.0 Å². The zero-order chi connectivity index (χ0) is 29.1. The second-order valence-corrected chi connectivity index (χ2v) is 13.9. The molecule has 0 unspecified atom stereocenters. The van der Waals surface area contributed by atoms with Crippen LogP contribution < -0.4 is 4.74 Å². The third-order valence-electron chi connectivity index (χ3n) is 6.86. The third-order valence-corrected chi connectivity index (χ3v) is 10.7. The number of fused-ring (bicyclic) bond motifs is 1. The van der Waals surface area contributed by atoms with Gasteiger partial charge in [0.1, 0.15) is 16.7 Å². The Morgan fingerprint density at radius 1 is 1.10 bits per heavy atom. The van der Waals surface area contributed by atoms with Crippen LogP contribution in [0.2, 0.25) is 0 Å². The van der Waals surface area contributed by atoms with E-state index < -0.39 is 38.1 Å². The van der Waals surface area contributed by atoms with Crippen LogP contribution in [0, 0.1) is 24.7 Å². The Kier molecular flexibility index (Phi) is 8.97. The molecule has 0 aliphatic carbocycles. The highest BCUT2D eigenvalue weighted by Gasteiger charge is 2.39. The average molecular weight is 584 g/mol. The minimum absolute atomic E-state index is 0.0227. The third kappa shape index (κ3) is 6.37. The molecule has 0 fully saturated rings. The second-order valence-electron chi connectivity index (χ2n) is 9.99. The molecular formula is C29H33N3O6S2. The first-order valence-electron chi connectivity index (χ1n) is 12.8. The van der Waals surface area contributed by atoms with Gasteiger partial charge in [-0.3, -0.25) is 4.98 Å². The van der Waals surface area contributed by atoms with Crippen molar-refractivity contribution in [1.82, 2.24) is 13.6 Å². The summed E-state index contributed by atoms with van der Waals surface area (Å²) in [5.41, 5.74) is 2.21. The molecule has 4 rings (SSSR count). The van der Waals surface area contributed by atoms with Gasteiger partial charge in [-0.1, -0.05) is 36.5 Å². The molecule has 1 aromatic heterocycles. The molecule has 1 aliphatic rings. The van der Waals surface area contributed by atoms with Crippen molar-refractivity contribution >= 4 is 20.0 Å². The average Bonchev–Trinajstić information content (AvgIpc) is 2.94. The molecule has 0 spiro atoms. The summed E-state index contributed by atoms with van der Waals surface area (Å²) in [6.45, 7) is 4.96. The van der Waals surface area contributed by atoms with E-state index in [1.807, 2.05) is 13.8 Å². The lowest BCUT2D eigenvalue weighted by Gasteiger charge is -2.37. The van der Waals surface area contributed by atoms with Crippen LogP contribution in [0.4, 0.5) is 0 Å². The van der Waals surface area contributed by atoms with Crippen molar-refractivity contribution in [2.45, 2.75) is 42.7 Å². The Morgan fingerprint density at radius 2 is 1.75 bits per heavy atom. The molecule has 11 heteroatoms. The van der Waals surface area contributed by atoms with Crippen molar-refractivity contribution in [2.24, 2.45) is 5.92 Å². The van der Waals surface area contributed by atoms with Crippen LogP contribution in [0.1, 0.15) is 30.5 Å². The van der Waals surface area contributed by atoms with Crippen LogP contribution in [0.5, 0.6) is 5.75 Å². The number of sulfonamides is 2. The number of aryl methyl sites for hydroxylation is 1. The summed E-state index contributed by atoms with van der Waals surface area (Å²) in [4.78, 5) is 4.07. The number of aromatic nitrogens is 1. The van der Waals surface area contributed by atoms with Gasteiger partial charge in [-0.2, -0.15) is 8.61 Å². The molecular weight excluding hydrogens is 550 g/mol. The molecule has 2 heterocycles. The topological polar surface area (TPSA) is 117 Å². The molecule has 3 aromatic rings. The first kappa shape index (κ1) is 29.7. The molecule has 9 nitrogen and oxygen atoms in total. The van der Waals surface area contributed by atoms with Crippen molar-refractivity contribution in [2.75, 3.05) is 26.7 Å². The van der Waals surface area contributed by atoms with Gasteiger partial charge in [0.15, 0.2) is 0 Å². The van der Waals surface area contributed by atoms with Gasteiger partial charge in [-0.15, -0.1) is 0 Å². The van der Waals surface area contributed by atoms with Gasteiger partial charge in [0, 0.05) is 49.1 Å². The SMILES string of the molecule is Cc1ccc(S(=O)(=O)N(C)C[C@@H]2Oc3cc(C#Cc4ccncc4)ccc3S(=O)(=O)N([C@H](C)CO)C[C@@H]2C)cc1. The van der Waals surface area contributed by atoms with Crippen LogP contribution in [0.3, 0.4) is 0 Å². The fraction of sp³-hybridized carbons (Fsp3) is 0.345. The summed E-state index contributed by atoms with van der Waals surface area (Å²) in [7, 11) is -6.39. The van der Waals surface area contributed by atoms with E-state index in [0.29, 0.717) is 5.56 Å². The van der Waals surface area contributed by atoms with Crippen molar-refractivity contribution in [3.63, 3.8) is 0 Å². The van der Waals surface area contributed by atoms with Gasteiger partial charge in [0.05, 0.1) is 18.0 Å². The van der Waals surface area contributed by atoms with E-state index in [9.17, 15) is 21.9 Å². The maximum Gasteiger partial charge on any atom is 0.247 e. The molecule has 1 N–H and O–H groups in total. The Morgan fingerprint density at radius 3 is 2.40 bits per heavy atom. The van der Waals surface area contributed by atoms with E-state index in [1.54, 1.807) is 67.8 Å². The Balaban J connectivity index is 1.74. The number of likely N-dealkylation sites (N-methyl/N-ethyl adjacent to an activating group) is 1. The predicted molar refractivity (Wildman–Crippen MR) is 152 cm³/mol. The first-order valence-corrected chi connectivity index (χ1v) is 15.7. The van der Waals surface area contributed by atoms with Crippen LogP contribution in [-0.2, 0) is 20.0 Å². The first-order chi connectivity index (χ1) is 18.9. The number of benzene rings is 2. The normalized spacial score (nSPS) is 19.9. The standard InChI is InChI=1S/C29H33N3O6S2/c1-21-5-10-26(11-6-21)39(34,35)31(4)19-28-22(2)18-32(23(3)20-33)40(36,37)29-12-9-25(17-27(29)38-28)8-7-24-13-15-30-16-14-24/h5-6,9-17,22-23,28,33H,18-20H2,1-4H3/t22-,23+,28-/m0/s1. The summed E-state index contributed by atoms with van der Waals surface area (Å²) < 4.78 is 62.8. The van der Waals surface area contributed by atoms with Gasteiger partial charge in [-0.05, 0) is 56.3 Å². The van der Waals surface area contributed by atoms with E-state index in [0.717, 1.165) is 11.1 Å². The fourth-order valence-corrected chi connectivity index (χ4v) is 7.35. The predicted octanol–water partition coefficient (Wildman–Crippen LogP) is 2.88. The molecule has 212 valence electrons. The lowest BCUT2D eigenvalue weighted by atomic mass is 10.0. The monoisotopic (exact) mass is 583 g/mol. The van der Waals surface area contributed by atoms with Crippen LogP contribution in [0.15, 0.2) is 76.8 Å². The van der Waals surface area contributed by atoms with Gasteiger partial charge < -0.3 is 9.84 Å². The quantitative estimate of drug-likeness (QED) is 0.444. The van der Waals surface area contributed by atoms with E-state index >= 15 is 0 Å². The molecule has 40 heavy (non-hydrogen) atoms. The second kappa shape index (κ2) is 12.1. The maximum absolute atomic E-state index is 13.7. The maximum atomic E-state index is 13.7. The van der Waals surface area contributed by atoms with Gasteiger partial charge >= 0.3 is 0 Å². The van der Waals surface area contributed by atoms with Crippen LogP contribution in [0.25, 0.3) is 0 Å². The number of pyridine rings is 1. The van der Waals surface area contributed by atoms with E-state index in [4.69, 9.17) is 4.74 Å². The smallest absolute Gasteiger partial charge is 0.247 e. The van der Waals surface area contributed by atoms with Crippen LogP contribution >= 0.6 is 0 Å². The Labute approximate surface area is 236 Å². The summed E-state index contributed by atoms with van der Waals surface area (Å²) in [6.07, 6.45) is 2.56. The van der Waals surface area contributed by atoms with Gasteiger partial charge in [-0.25, -0.2) is 16.8 Å². The Hall–Kier alpha value is -3.27. The largest absolute Gasteiger partial charge is 0.487 e. The number of ether oxygens (including phenoxy) is 1. The minimum atomic E-state index is -4.04. The van der Waals surface area contributed by atoms with Crippen LogP contribution in [-0.4, -0.2) is 74.4 Å². The summed E-state index contributed by atoms with van der Waals surface area (Å²) in [5.74, 6) is 5.71.